The van der Waals surface area contributed by atoms with Gasteiger partial charge in [-0.25, -0.2) is 9.78 Å². The number of rotatable bonds is 2. The number of carboxylic acids is 1. The lowest BCUT2D eigenvalue weighted by Gasteiger charge is -2.07. The Morgan fingerprint density at radius 3 is 2.38 bits per heavy atom. The van der Waals surface area contributed by atoms with E-state index < -0.39 is 12.1 Å². The number of alkyl halides is 3. The van der Waals surface area contributed by atoms with Crippen LogP contribution in [-0.4, -0.2) is 29.3 Å². The number of hydrogen-bond acceptors (Lipinski definition) is 4. The van der Waals surface area contributed by atoms with E-state index in [1.54, 1.807) is 13.3 Å². The largest absolute Gasteiger partial charge is 0.497 e. The van der Waals surface area contributed by atoms with Crippen molar-refractivity contribution in [1.29, 1.82) is 0 Å². The van der Waals surface area contributed by atoms with Crippen molar-refractivity contribution in [2.45, 2.75) is 6.18 Å². The van der Waals surface area contributed by atoms with E-state index in [1.165, 1.54) is 0 Å². The lowest BCUT2D eigenvalue weighted by Crippen LogP contribution is -2.21. The smallest absolute Gasteiger partial charge is 0.490 e. The molecule has 0 aliphatic rings. The summed E-state index contributed by atoms with van der Waals surface area (Å²) in [6, 6.07) is 16.1. The van der Waals surface area contributed by atoms with Crippen LogP contribution in [0.5, 0.6) is 5.75 Å². The number of pyridine rings is 1. The predicted octanol–water partition coefficient (Wildman–Crippen LogP) is 4.13. The number of hydrogen-bond donors (Lipinski definition) is 2. The van der Waals surface area contributed by atoms with Crippen LogP contribution in [-0.2, 0) is 4.79 Å². The Morgan fingerprint density at radius 1 is 1.12 bits per heavy atom. The zero-order valence-corrected chi connectivity index (χ0v) is 13.6. The molecule has 3 N–H and O–H groups in total. The number of carbonyl (C=O) groups is 1. The molecule has 0 fully saturated rings. The average Bonchev–Trinajstić information content (AvgIpc) is 2.61. The van der Waals surface area contributed by atoms with Gasteiger partial charge in [0.1, 0.15) is 11.6 Å². The highest BCUT2D eigenvalue weighted by atomic mass is 19.4. The summed E-state index contributed by atoms with van der Waals surface area (Å²) in [6.07, 6.45) is -3.36. The summed E-state index contributed by atoms with van der Waals surface area (Å²) in [5.41, 5.74) is 8.13. The number of methoxy groups -OCH3 is 1. The standard InChI is InChI=1S/C16H14N2O.C2HF3O2/c1-19-14-4-2-3-12(9-14)13-6-5-11-7-8-18-16(17)15(11)10-13;3-2(4,5)1(6)7/h2-10H,1H3,(H2,17,18);(H,6,7). The Labute approximate surface area is 146 Å². The summed E-state index contributed by atoms with van der Waals surface area (Å²) >= 11 is 0. The molecule has 1 aromatic heterocycles. The van der Waals surface area contributed by atoms with E-state index in [4.69, 9.17) is 20.4 Å². The summed E-state index contributed by atoms with van der Waals surface area (Å²) in [6.45, 7) is 0. The maximum absolute atomic E-state index is 10.6. The van der Waals surface area contributed by atoms with Gasteiger partial charge in [0, 0.05) is 11.6 Å². The average molecular weight is 364 g/mol. The van der Waals surface area contributed by atoms with Gasteiger partial charge in [-0.15, -0.1) is 0 Å². The number of anilines is 1. The number of halogens is 3. The van der Waals surface area contributed by atoms with Crippen molar-refractivity contribution in [3.05, 3.63) is 54.7 Å². The number of nitrogens with two attached hydrogens (primary N) is 1. The fourth-order valence-electron chi connectivity index (χ4n) is 2.17. The van der Waals surface area contributed by atoms with Crippen LogP contribution in [0.2, 0.25) is 0 Å². The summed E-state index contributed by atoms with van der Waals surface area (Å²) in [5.74, 6) is -1.36. The topological polar surface area (TPSA) is 85.4 Å². The van der Waals surface area contributed by atoms with E-state index >= 15 is 0 Å². The highest BCUT2D eigenvalue weighted by molar-refractivity contribution is 5.94. The molecule has 0 aliphatic carbocycles. The first-order chi connectivity index (χ1) is 12.2. The molecule has 2 aromatic carbocycles. The first-order valence-electron chi connectivity index (χ1n) is 7.31. The molecule has 1 heterocycles. The minimum atomic E-state index is -5.08. The number of ether oxygens (including phenoxy) is 1. The molecular formula is C18H15F3N2O3. The SMILES string of the molecule is COc1cccc(-c2ccc3ccnc(N)c3c2)c1.O=C(O)C(F)(F)F. The normalized spacial score (nSPS) is 10.8. The first-order valence-corrected chi connectivity index (χ1v) is 7.31. The lowest BCUT2D eigenvalue weighted by atomic mass is 10.0. The Bertz CT molecular complexity index is 927. The molecule has 0 radical (unpaired) electrons. The van der Waals surface area contributed by atoms with Gasteiger partial charge in [0.05, 0.1) is 7.11 Å². The van der Waals surface area contributed by atoms with Gasteiger partial charge in [0.2, 0.25) is 0 Å². The molecule has 0 saturated heterocycles. The third-order valence-corrected chi connectivity index (χ3v) is 3.44. The van der Waals surface area contributed by atoms with Crippen molar-refractivity contribution in [1.82, 2.24) is 4.98 Å². The number of nitrogens with zero attached hydrogens (tertiary/aromatic N) is 1. The highest BCUT2D eigenvalue weighted by Crippen LogP contribution is 2.28. The zero-order valence-electron chi connectivity index (χ0n) is 13.6. The number of aromatic nitrogens is 1. The molecule has 0 saturated carbocycles. The lowest BCUT2D eigenvalue weighted by molar-refractivity contribution is -0.192. The molecule has 0 unspecified atom stereocenters. The first kappa shape index (κ1) is 19.0. The Morgan fingerprint density at radius 2 is 1.77 bits per heavy atom. The second-order valence-corrected chi connectivity index (χ2v) is 5.17. The van der Waals surface area contributed by atoms with Gasteiger partial charge < -0.3 is 15.6 Å². The second-order valence-electron chi connectivity index (χ2n) is 5.17. The van der Waals surface area contributed by atoms with Crippen LogP contribution in [0.3, 0.4) is 0 Å². The number of benzene rings is 2. The summed E-state index contributed by atoms with van der Waals surface area (Å²) in [7, 11) is 1.67. The Hall–Kier alpha value is -3.29. The van der Waals surface area contributed by atoms with Gasteiger partial charge in [0.15, 0.2) is 0 Å². The van der Waals surface area contributed by atoms with Crippen LogP contribution in [0, 0.1) is 0 Å². The molecule has 136 valence electrons. The van der Waals surface area contributed by atoms with Gasteiger partial charge in [-0.1, -0.05) is 24.3 Å². The molecule has 0 aliphatic heterocycles. The van der Waals surface area contributed by atoms with Crippen LogP contribution >= 0.6 is 0 Å². The van der Waals surface area contributed by atoms with E-state index in [0.29, 0.717) is 5.82 Å². The maximum Gasteiger partial charge on any atom is 0.490 e. The van der Waals surface area contributed by atoms with Crippen LogP contribution < -0.4 is 10.5 Å². The fraction of sp³-hybridized carbons (Fsp3) is 0.111. The molecule has 0 amide bonds. The molecule has 5 nitrogen and oxygen atoms in total. The van der Waals surface area contributed by atoms with E-state index in [1.807, 2.05) is 24.3 Å². The van der Waals surface area contributed by atoms with E-state index in [2.05, 4.69) is 29.2 Å². The Kier molecular flexibility index (Phi) is 5.66. The van der Waals surface area contributed by atoms with Crippen molar-refractivity contribution < 1.29 is 27.8 Å². The molecule has 0 atom stereocenters. The van der Waals surface area contributed by atoms with Crippen molar-refractivity contribution >= 4 is 22.6 Å². The van der Waals surface area contributed by atoms with Gasteiger partial charge in [-0.2, -0.15) is 13.2 Å². The number of aliphatic carboxylic acids is 1. The van der Waals surface area contributed by atoms with Gasteiger partial charge in [-0.05, 0) is 40.8 Å². The van der Waals surface area contributed by atoms with Gasteiger partial charge in [-0.3, -0.25) is 0 Å². The summed E-state index contributed by atoms with van der Waals surface area (Å²) < 4.78 is 37.0. The van der Waals surface area contributed by atoms with Gasteiger partial charge in [0.25, 0.3) is 0 Å². The molecule has 0 bridgehead atoms. The number of fused-ring (bicyclic) bond motifs is 1. The molecule has 8 heteroatoms. The van der Waals surface area contributed by atoms with Crippen LogP contribution in [0.4, 0.5) is 19.0 Å². The number of nitrogen functional groups attached to an aromatic ring is 1. The van der Waals surface area contributed by atoms with Crippen molar-refractivity contribution in [2.24, 2.45) is 0 Å². The minimum Gasteiger partial charge on any atom is -0.497 e. The summed E-state index contributed by atoms with van der Waals surface area (Å²) in [4.78, 5) is 13.0. The maximum atomic E-state index is 10.6. The third-order valence-electron chi connectivity index (χ3n) is 3.44. The van der Waals surface area contributed by atoms with E-state index in [-0.39, 0.29) is 0 Å². The quantitative estimate of drug-likeness (QED) is 0.714. The highest BCUT2D eigenvalue weighted by Gasteiger charge is 2.38. The molecule has 26 heavy (non-hydrogen) atoms. The monoisotopic (exact) mass is 364 g/mol. The molecule has 0 spiro atoms. The van der Waals surface area contributed by atoms with E-state index in [0.717, 1.165) is 27.6 Å². The third kappa shape index (κ3) is 4.62. The number of carboxylic acid groups (broad SMARTS) is 1. The van der Waals surface area contributed by atoms with Crippen molar-refractivity contribution in [3.8, 4) is 16.9 Å². The second kappa shape index (κ2) is 7.73. The summed E-state index contributed by atoms with van der Waals surface area (Å²) in [5, 5.41) is 9.20. The fourth-order valence-corrected chi connectivity index (χ4v) is 2.17. The van der Waals surface area contributed by atoms with Gasteiger partial charge >= 0.3 is 12.1 Å². The minimum absolute atomic E-state index is 0.558. The van der Waals surface area contributed by atoms with Crippen LogP contribution in [0.15, 0.2) is 54.7 Å². The zero-order chi connectivity index (χ0) is 19.3. The molecule has 3 rings (SSSR count). The van der Waals surface area contributed by atoms with Crippen molar-refractivity contribution in [2.75, 3.05) is 12.8 Å². The van der Waals surface area contributed by atoms with Crippen molar-refractivity contribution in [3.63, 3.8) is 0 Å². The van der Waals surface area contributed by atoms with Crippen LogP contribution in [0.25, 0.3) is 21.9 Å². The molecular weight excluding hydrogens is 349 g/mol. The molecule has 3 aromatic rings. The predicted molar refractivity (Wildman–Crippen MR) is 91.8 cm³/mol. The Balaban J connectivity index is 0.000000298. The van der Waals surface area contributed by atoms with Crippen LogP contribution in [0.1, 0.15) is 0 Å². The van der Waals surface area contributed by atoms with E-state index in [9.17, 15) is 13.2 Å².